The molecule has 1 aliphatic heterocycles. The molecule has 1 fully saturated rings. The van der Waals surface area contributed by atoms with Gasteiger partial charge in [0.1, 0.15) is 16.5 Å². The van der Waals surface area contributed by atoms with Crippen molar-refractivity contribution in [1.29, 1.82) is 5.41 Å². The molecule has 1 saturated heterocycles. The Bertz CT molecular complexity index is 1060. The zero-order valence-electron chi connectivity index (χ0n) is 19.4. The molecular formula is C23H29N5O5S. The van der Waals surface area contributed by atoms with Crippen molar-refractivity contribution in [3.63, 3.8) is 0 Å². The molecule has 0 bridgehead atoms. The molecule has 182 valence electrons. The number of amides is 1. The van der Waals surface area contributed by atoms with E-state index >= 15 is 0 Å². The average molecular weight is 488 g/mol. The predicted octanol–water partition coefficient (Wildman–Crippen LogP) is 2.18. The first-order valence-electron chi connectivity index (χ1n) is 10.8. The number of benzene rings is 1. The number of nitrogens with two attached hydrogens (primary N) is 1. The van der Waals surface area contributed by atoms with Crippen molar-refractivity contribution in [3.05, 3.63) is 40.9 Å². The van der Waals surface area contributed by atoms with E-state index in [4.69, 9.17) is 20.6 Å². The van der Waals surface area contributed by atoms with Crippen molar-refractivity contribution < 1.29 is 23.9 Å². The molecule has 1 amide bonds. The number of ether oxygens (including phenoxy) is 2. The normalized spacial score (nSPS) is 14.4. The van der Waals surface area contributed by atoms with Crippen LogP contribution >= 0.6 is 11.3 Å². The number of amidine groups is 1. The summed E-state index contributed by atoms with van der Waals surface area (Å²) in [5.41, 5.74) is 5.19. The molecule has 1 aromatic heterocycles. The van der Waals surface area contributed by atoms with Crippen LogP contribution in [0.2, 0.25) is 0 Å². The van der Waals surface area contributed by atoms with Gasteiger partial charge in [-0.3, -0.25) is 15.0 Å². The van der Waals surface area contributed by atoms with Crippen LogP contribution in [0.1, 0.15) is 41.9 Å². The smallest absolute Gasteiger partial charge is 0.355 e. The highest BCUT2D eigenvalue weighted by molar-refractivity contribution is 7.17. The quantitative estimate of drug-likeness (QED) is 0.222. The molecule has 3 rings (SSSR count). The maximum atomic E-state index is 12.5. The van der Waals surface area contributed by atoms with Crippen LogP contribution in [0.15, 0.2) is 30.5 Å². The molecule has 0 unspecified atom stereocenters. The second-order valence-corrected chi connectivity index (χ2v) is 9.70. The van der Waals surface area contributed by atoms with Crippen molar-refractivity contribution in [2.24, 2.45) is 17.1 Å². The summed E-state index contributed by atoms with van der Waals surface area (Å²) >= 11 is 1.24. The Hall–Kier alpha value is -3.47. The number of hydrogen-bond acceptors (Lipinski definition) is 9. The summed E-state index contributed by atoms with van der Waals surface area (Å²) in [7, 11) is 1.33. The topological polar surface area (TPSA) is 148 Å². The molecule has 1 aliphatic rings. The number of nitrogens with one attached hydrogen (secondary N) is 2. The summed E-state index contributed by atoms with van der Waals surface area (Å²) in [6.07, 6.45) is 2.78. The Kier molecular flexibility index (Phi) is 7.87. The molecule has 1 aromatic carbocycles. The van der Waals surface area contributed by atoms with Crippen LogP contribution in [0, 0.1) is 16.7 Å². The van der Waals surface area contributed by atoms with Gasteiger partial charge in [-0.1, -0.05) is 11.3 Å². The summed E-state index contributed by atoms with van der Waals surface area (Å²) in [6.45, 7) is 4.94. The number of methoxy groups -OCH3 is 1. The van der Waals surface area contributed by atoms with E-state index in [1.165, 1.54) is 24.6 Å². The van der Waals surface area contributed by atoms with Crippen molar-refractivity contribution in [2.45, 2.75) is 26.7 Å². The number of thiazole rings is 1. The first-order chi connectivity index (χ1) is 16.1. The third-order valence-corrected chi connectivity index (χ3v) is 6.69. The second-order valence-electron chi connectivity index (χ2n) is 8.69. The number of carbonyl (C=O) groups excluding carboxylic acids is 3. The third-order valence-electron chi connectivity index (χ3n) is 5.65. The van der Waals surface area contributed by atoms with E-state index in [1.54, 1.807) is 38.1 Å². The summed E-state index contributed by atoms with van der Waals surface area (Å²) in [5.74, 6) is -0.804. The number of hydrogen-bond donors (Lipinski definition) is 3. The summed E-state index contributed by atoms with van der Waals surface area (Å²) in [5, 5.41) is 11.0. The molecule has 10 nitrogen and oxygen atoms in total. The number of rotatable bonds is 8. The van der Waals surface area contributed by atoms with Crippen LogP contribution in [0.5, 0.6) is 5.75 Å². The van der Waals surface area contributed by atoms with Crippen LogP contribution in [0.4, 0.5) is 5.13 Å². The van der Waals surface area contributed by atoms with E-state index < -0.39 is 11.4 Å². The highest BCUT2D eigenvalue weighted by Gasteiger charge is 2.32. The first kappa shape index (κ1) is 25.2. The van der Waals surface area contributed by atoms with E-state index in [0.29, 0.717) is 47.3 Å². The van der Waals surface area contributed by atoms with Crippen LogP contribution in [-0.2, 0) is 14.3 Å². The van der Waals surface area contributed by atoms with Crippen LogP contribution in [0.3, 0.4) is 0 Å². The number of piperidine rings is 1. The van der Waals surface area contributed by atoms with Gasteiger partial charge in [0.15, 0.2) is 5.13 Å². The van der Waals surface area contributed by atoms with Crippen LogP contribution in [-0.4, -0.2) is 55.4 Å². The highest BCUT2D eigenvalue weighted by atomic mass is 32.1. The maximum absolute atomic E-state index is 12.5. The lowest BCUT2D eigenvalue weighted by Gasteiger charge is -2.31. The second kappa shape index (κ2) is 10.6. The van der Waals surface area contributed by atoms with Crippen LogP contribution in [0.25, 0.3) is 0 Å². The molecule has 0 atom stereocenters. The third kappa shape index (κ3) is 6.10. The van der Waals surface area contributed by atoms with E-state index in [0.717, 1.165) is 0 Å². The van der Waals surface area contributed by atoms with Gasteiger partial charge in [-0.2, -0.15) is 0 Å². The first-order valence-corrected chi connectivity index (χ1v) is 11.7. The van der Waals surface area contributed by atoms with Crippen molar-refractivity contribution in [3.8, 4) is 5.75 Å². The average Bonchev–Trinajstić information content (AvgIpc) is 3.33. The Morgan fingerprint density at radius 2 is 1.88 bits per heavy atom. The fraction of sp³-hybridized carbons (Fsp3) is 0.435. The van der Waals surface area contributed by atoms with Gasteiger partial charge in [0, 0.05) is 31.1 Å². The van der Waals surface area contributed by atoms with Gasteiger partial charge in [0.05, 0.1) is 18.7 Å². The van der Waals surface area contributed by atoms with Gasteiger partial charge in [0.25, 0.3) is 0 Å². The molecule has 0 saturated carbocycles. The molecule has 4 N–H and O–H groups in total. The number of nitrogen functional groups attached to an aromatic ring is 1. The Morgan fingerprint density at radius 3 is 2.47 bits per heavy atom. The lowest BCUT2D eigenvalue weighted by Crippen LogP contribution is -2.45. The predicted molar refractivity (Wildman–Crippen MR) is 128 cm³/mol. The van der Waals surface area contributed by atoms with Gasteiger partial charge in [-0.15, -0.1) is 0 Å². The minimum Gasteiger partial charge on any atom is -0.469 e. The molecular weight excluding hydrogens is 458 g/mol. The number of nitrogens with zero attached hydrogens (tertiary/aromatic N) is 2. The van der Waals surface area contributed by atoms with Gasteiger partial charge in [-0.05, 0) is 51.0 Å². The summed E-state index contributed by atoms with van der Waals surface area (Å²) < 4.78 is 10.2. The Morgan fingerprint density at radius 1 is 1.24 bits per heavy atom. The molecule has 0 aliphatic carbocycles. The maximum Gasteiger partial charge on any atom is 0.355 e. The summed E-state index contributed by atoms with van der Waals surface area (Å²) in [6, 6.07) is 6.39. The van der Waals surface area contributed by atoms with Crippen LogP contribution < -0.4 is 20.7 Å². The lowest BCUT2D eigenvalue weighted by molar-refractivity contribution is -0.150. The minimum atomic E-state index is -0.785. The Labute approximate surface area is 201 Å². The molecule has 34 heavy (non-hydrogen) atoms. The van der Waals surface area contributed by atoms with E-state index in [2.05, 4.69) is 10.3 Å². The molecule has 11 heteroatoms. The standard InChI is InChI=1S/C23H29N5O5S/c1-23(2,21(31)32-3)13-27-19(29)15-8-10-28(11-9-15)22-26-12-17(34-22)20(30)33-16-6-4-14(5-7-16)18(24)25/h4-7,12,15H,8-11,13H2,1-3H3,(H3,24,25)(H,27,29). The zero-order chi connectivity index (χ0) is 24.9. The van der Waals surface area contributed by atoms with Gasteiger partial charge in [0.2, 0.25) is 5.91 Å². The van der Waals surface area contributed by atoms with Gasteiger partial charge >= 0.3 is 11.9 Å². The number of carbonyl (C=O) groups is 3. The van der Waals surface area contributed by atoms with E-state index in [-0.39, 0.29) is 30.2 Å². The van der Waals surface area contributed by atoms with E-state index in [9.17, 15) is 14.4 Å². The van der Waals surface area contributed by atoms with Gasteiger partial charge < -0.3 is 25.4 Å². The van der Waals surface area contributed by atoms with Crippen molar-refractivity contribution >= 4 is 40.1 Å². The van der Waals surface area contributed by atoms with Crippen molar-refractivity contribution in [1.82, 2.24) is 10.3 Å². The van der Waals surface area contributed by atoms with Crippen molar-refractivity contribution in [2.75, 3.05) is 31.6 Å². The monoisotopic (exact) mass is 487 g/mol. The molecule has 0 spiro atoms. The number of anilines is 1. The Balaban J connectivity index is 1.50. The summed E-state index contributed by atoms with van der Waals surface area (Å²) in [4.78, 5) is 43.6. The molecule has 2 heterocycles. The van der Waals surface area contributed by atoms with E-state index in [1.807, 2.05) is 4.90 Å². The molecule has 0 radical (unpaired) electrons. The number of aromatic nitrogens is 1. The lowest BCUT2D eigenvalue weighted by atomic mass is 9.92. The fourth-order valence-electron chi connectivity index (χ4n) is 3.50. The fourth-order valence-corrected chi connectivity index (χ4v) is 4.34. The highest BCUT2D eigenvalue weighted by Crippen LogP contribution is 2.28. The minimum absolute atomic E-state index is 0.0590. The number of esters is 2. The SMILES string of the molecule is COC(=O)C(C)(C)CNC(=O)C1CCN(c2ncc(C(=O)Oc3ccc(C(=N)N)cc3)s2)CC1. The largest absolute Gasteiger partial charge is 0.469 e. The molecule has 2 aromatic rings. The van der Waals surface area contributed by atoms with Gasteiger partial charge in [-0.25, -0.2) is 9.78 Å². The zero-order valence-corrected chi connectivity index (χ0v) is 20.2.